The molecule has 1 rings (SSSR count). The minimum Gasteiger partial charge on any atom is -0.297 e. The molecule has 0 radical (unpaired) electrons. The normalized spacial score (nSPS) is 8.82. The Kier molecular flexibility index (Phi) is 2.68. The lowest BCUT2D eigenvalue weighted by Gasteiger charge is -2.01. The van der Waals surface area contributed by atoms with Gasteiger partial charge in [-0.05, 0) is 6.07 Å². The molecule has 58 valence electrons. The summed E-state index contributed by atoms with van der Waals surface area (Å²) in [6.07, 6.45) is 3.58. The van der Waals surface area contributed by atoms with Crippen LogP contribution in [0.3, 0.4) is 0 Å². The van der Waals surface area contributed by atoms with Crippen LogP contribution in [-0.2, 0) is 4.79 Å². The van der Waals surface area contributed by atoms with E-state index in [1.54, 1.807) is 12.3 Å². The molecule has 0 aliphatic rings. The molecule has 2 N–H and O–H groups in total. The monoisotopic (exact) mass is 171 g/mol. The molecule has 0 aliphatic heterocycles. The average molecular weight is 172 g/mol. The Morgan fingerprint density at radius 1 is 1.55 bits per heavy atom. The van der Waals surface area contributed by atoms with E-state index in [4.69, 9.17) is 11.6 Å². The van der Waals surface area contributed by atoms with Crippen molar-refractivity contribution in [1.82, 2.24) is 10.4 Å². The first-order chi connectivity index (χ1) is 5.33. The summed E-state index contributed by atoms with van der Waals surface area (Å²) in [4.78, 5) is 13.6. The molecule has 1 aromatic rings. The Morgan fingerprint density at radius 2 is 2.36 bits per heavy atom. The lowest BCUT2D eigenvalue weighted by Crippen LogP contribution is -2.18. The lowest BCUT2D eigenvalue weighted by molar-refractivity contribution is -0.109. The number of hydrogen-bond donors (Lipinski definition) is 2. The summed E-state index contributed by atoms with van der Waals surface area (Å²) in [6.45, 7) is 0. The second kappa shape index (κ2) is 3.78. The third-order valence-electron chi connectivity index (χ3n) is 0.980. The summed E-state index contributed by atoms with van der Waals surface area (Å²) in [5.41, 5.74) is 5.48. The average Bonchev–Trinajstić information content (AvgIpc) is 2.01. The number of hydrazine groups is 1. The minimum atomic E-state index is 0.516. The van der Waals surface area contributed by atoms with E-state index in [0.29, 0.717) is 17.1 Å². The van der Waals surface area contributed by atoms with Gasteiger partial charge in [0.2, 0.25) is 6.41 Å². The molecular weight excluding hydrogens is 166 g/mol. The van der Waals surface area contributed by atoms with Gasteiger partial charge in [-0.15, -0.1) is 0 Å². The van der Waals surface area contributed by atoms with Gasteiger partial charge < -0.3 is 0 Å². The fraction of sp³-hybridized carbons (Fsp3) is 0. The molecule has 0 saturated heterocycles. The quantitative estimate of drug-likeness (QED) is 0.523. The van der Waals surface area contributed by atoms with Crippen LogP contribution in [0.5, 0.6) is 0 Å². The maximum atomic E-state index is 9.84. The highest BCUT2D eigenvalue weighted by atomic mass is 35.5. The second-order valence-corrected chi connectivity index (χ2v) is 2.22. The molecule has 0 unspecified atom stereocenters. The van der Waals surface area contributed by atoms with Gasteiger partial charge in [0.15, 0.2) is 0 Å². The lowest BCUT2D eigenvalue weighted by atomic mass is 10.4. The number of pyridine rings is 1. The maximum Gasteiger partial charge on any atom is 0.225 e. The van der Waals surface area contributed by atoms with Crippen molar-refractivity contribution in [2.75, 3.05) is 5.43 Å². The van der Waals surface area contributed by atoms with Gasteiger partial charge in [0, 0.05) is 6.20 Å². The Balaban J connectivity index is 2.63. The van der Waals surface area contributed by atoms with Gasteiger partial charge in [-0.2, -0.15) is 0 Å². The van der Waals surface area contributed by atoms with E-state index >= 15 is 0 Å². The van der Waals surface area contributed by atoms with E-state index in [1.165, 1.54) is 6.20 Å². The third-order valence-corrected chi connectivity index (χ3v) is 1.19. The molecule has 0 atom stereocenters. The second-order valence-electron chi connectivity index (χ2n) is 1.78. The largest absolute Gasteiger partial charge is 0.297 e. The van der Waals surface area contributed by atoms with Crippen LogP contribution < -0.4 is 10.9 Å². The number of nitrogens with one attached hydrogen (secondary N) is 2. The number of aromatic nitrogens is 1. The summed E-state index contributed by atoms with van der Waals surface area (Å²) < 4.78 is 0. The number of carbonyl (C=O) groups is 1. The minimum absolute atomic E-state index is 0.516. The third kappa shape index (κ3) is 2.43. The maximum absolute atomic E-state index is 9.84. The van der Waals surface area contributed by atoms with Crippen LogP contribution in [0, 0.1) is 0 Å². The van der Waals surface area contributed by atoms with E-state index in [-0.39, 0.29) is 0 Å². The summed E-state index contributed by atoms with van der Waals surface area (Å²) in [5, 5.41) is 0.516. The van der Waals surface area contributed by atoms with Crippen molar-refractivity contribution in [3.63, 3.8) is 0 Å². The zero-order valence-corrected chi connectivity index (χ0v) is 6.30. The smallest absolute Gasteiger partial charge is 0.225 e. The molecule has 1 heterocycles. The van der Waals surface area contributed by atoms with Crippen molar-refractivity contribution >= 4 is 23.7 Å². The molecule has 0 aromatic carbocycles. The highest BCUT2D eigenvalue weighted by Gasteiger charge is 1.90. The number of carbonyl (C=O) groups excluding carboxylic acids is 1. The van der Waals surface area contributed by atoms with Crippen LogP contribution in [-0.4, -0.2) is 11.4 Å². The van der Waals surface area contributed by atoms with Crippen molar-refractivity contribution in [3.8, 4) is 0 Å². The van der Waals surface area contributed by atoms with Crippen molar-refractivity contribution in [2.45, 2.75) is 0 Å². The van der Waals surface area contributed by atoms with Crippen molar-refractivity contribution in [1.29, 1.82) is 0 Å². The van der Waals surface area contributed by atoms with Crippen molar-refractivity contribution in [2.24, 2.45) is 0 Å². The summed E-state index contributed by atoms with van der Waals surface area (Å²) >= 11 is 5.61. The van der Waals surface area contributed by atoms with E-state index in [0.717, 1.165) is 0 Å². The predicted octanol–water partition coefficient (Wildman–Crippen LogP) is 0.808. The summed E-state index contributed by atoms with van der Waals surface area (Å²) in [7, 11) is 0. The standard InChI is InChI=1S/C6H6ClN3O/c7-5-1-6(3-8-2-5)10-9-4-11/h1-4,10H,(H,9,11). The van der Waals surface area contributed by atoms with Crippen LogP contribution in [0.1, 0.15) is 0 Å². The van der Waals surface area contributed by atoms with Crippen LogP contribution in [0.2, 0.25) is 5.02 Å². The molecule has 5 heteroatoms. The number of amides is 1. The number of rotatable bonds is 3. The first-order valence-corrected chi connectivity index (χ1v) is 3.26. The topological polar surface area (TPSA) is 54.0 Å². The molecular formula is C6H6ClN3O. The van der Waals surface area contributed by atoms with Crippen LogP contribution in [0.4, 0.5) is 5.69 Å². The Morgan fingerprint density at radius 3 is 3.00 bits per heavy atom. The molecule has 1 amide bonds. The van der Waals surface area contributed by atoms with Gasteiger partial charge in [-0.3, -0.25) is 20.6 Å². The van der Waals surface area contributed by atoms with E-state index in [1.807, 2.05) is 0 Å². The van der Waals surface area contributed by atoms with E-state index < -0.39 is 0 Å². The molecule has 0 saturated carbocycles. The fourth-order valence-corrected chi connectivity index (χ4v) is 0.767. The number of hydrogen-bond acceptors (Lipinski definition) is 3. The van der Waals surface area contributed by atoms with Gasteiger partial charge >= 0.3 is 0 Å². The molecule has 0 aliphatic carbocycles. The molecule has 0 spiro atoms. The summed E-state index contributed by atoms with van der Waals surface area (Å²) in [6, 6.07) is 1.64. The van der Waals surface area contributed by atoms with E-state index in [2.05, 4.69) is 15.8 Å². The molecule has 0 bridgehead atoms. The Hall–Kier alpha value is -1.29. The van der Waals surface area contributed by atoms with Crippen molar-refractivity contribution < 1.29 is 4.79 Å². The fourth-order valence-electron chi connectivity index (χ4n) is 0.593. The first-order valence-electron chi connectivity index (χ1n) is 2.88. The van der Waals surface area contributed by atoms with Gasteiger partial charge in [-0.25, -0.2) is 0 Å². The van der Waals surface area contributed by atoms with Crippen molar-refractivity contribution in [3.05, 3.63) is 23.5 Å². The number of nitrogens with zero attached hydrogens (tertiary/aromatic N) is 1. The van der Waals surface area contributed by atoms with Gasteiger partial charge in [-0.1, -0.05) is 11.6 Å². The number of anilines is 1. The van der Waals surface area contributed by atoms with Gasteiger partial charge in [0.25, 0.3) is 0 Å². The Labute approximate surface area is 68.6 Å². The van der Waals surface area contributed by atoms with E-state index in [9.17, 15) is 4.79 Å². The van der Waals surface area contributed by atoms with Gasteiger partial charge in [0.1, 0.15) is 0 Å². The predicted molar refractivity (Wildman–Crippen MR) is 42.1 cm³/mol. The first kappa shape index (κ1) is 7.81. The number of halogens is 1. The molecule has 4 nitrogen and oxygen atoms in total. The van der Waals surface area contributed by atoms with Crippen LogP contribution in [0.15, 0.2) is 18.5 Å². The molecule has 11 heavy (non-hydrogen) atoms. The SMILES string of the molecule is O=CNNc1cncc(Cl)c1. The van der Waals surface area contributed by atoms with Crippen LogP contribution in [0.25, 0.3) is 0 Å². The zero-order chi connectivity index (χ0) is 8.10. The Bertz CT molecular complexity index is 253. The van der Waals surface area contributed by atoms with Crippen LogP contribution >= 0.6 is 11.6 Å². The van der Waals surface area contributed by atoms with Gasteiger partial charge in [0.05, 0.1) is 16.9 Å². The molecule has 1 aromatic heterocycles. The highest BCUT2D eigenvalue weighted by Crippen LogP contribution is 2.11. The molecule has 0 fully saturated rings. The highest BCUT2D eigenvalue weighted by molar-refractivity contribution is 6.30. The zero-order valence-electron chi connectivity index (χ0n) is 5.54. The summed E-state index contributed by atoms with van der Waals surface area (Å²) in [5.74, 6) is 0.